The molecule has 0 unspecified atom stereocenters. The van der Waals surface area contributed by atoms with Gasteiger partial charge in [-0.1, -0.05) is 13.8 Å². The van der Waals surface area contributed by atoms with Crippen LogP contribution in [-0.4, -0.2) is 48.5 Å². The summed E-state index contributed by atoms with van der Waals surface area (Å²) in [6, 6.07) is 0.471. The second-order valence-corrected chi connectivity index (χ2v) is 6.33. The van der Waals surface area contributed by atoms with Crippen LogP contribution in [0.3, 0.4) is 0 Å². The van der Waals surface area contributed by atoms with Crippen LogP contribution in [-0.2, 0) is 11.3 Å². The van der Waals surface area contributed by atoms with E-state index in [2.05, 4.69) is 29.0 Å². The number of nitrogens with one attached hydrogen (secondary N) is 1. The third-order valence-corrected chi connectivity index (χ3v) is 4.23. The maximum atomic E-state index is 11.9. The van der Waals surface area contributed by atoms with E-state index in [4.69, 9.17) is 0 Å². The van der Waals surface area contributed by atoms with Crippen LogP contribution in [0.2, 0.25) is 0 Å². The summed E-state index contributed by atoms with van der Waals surface area (Å²) in [5.41, 5.74) is 0. The Morgan fingerprint density at radius 2 is 2.26 bits per heavy atom. The van der Waals surface area contributed by atoms with Gasteiger partial charge >= 0.3 is 0 Å². The third-order valence-electron chi connectivity index (χ3n) is 3.17. The molecule has 1 aliphatic rings. The van der Waals surface area contributed by atoms with Gasteiger partial charge < -0.3 is 15.1 Å². The molecule has 0 spiro atoms. The van der Waals surface area contributed by atoms with Crippen LogP contribution < -0.4 is 10.2 Å². The number of nitrogens with zero attached hydrogens (tertiary/aromatic N) is 3. The highest BCUT2D eigenvalue weighted by molar-refractivity contribution is 7.15. The maximum absolute atomic E-state index is 11.9. The van der Waals surface area contributed by atoms with E-state index in [9.17, 15) is 4.79 Å². The highest BCUT2D eigenvalue weighted by Gasteiger charge is 2.21. The van der Waals surface area contributed by atoms with Gasteiger partial charge in [0.2, 0.25) is 5.91 Å². The van der Waals surface area contributed by atoms with E-state index in [1.165, 1.54) is 4.88 Å². The Morgan fingerprint density at radius 3 is 3.00 bits per heavy atom. The number of aromatic nitrogens is 1. The first-order valence-electron chi connectivity index (χ1n) is 6.73. The lowest BCUT2D eigenvalue weighted by Crippen LogP contribution is -2.34. The number of amides is 1. The number of likely N-dealkylation sites (N-methyl/N-ethyl adjacent to an activating group) is 1. The summed E-state index contributed by atoms with van der Waals surface area (Å²) in [6.45, 7) is 7.29. The van der Waals surface area contributed by atoms with Gasteiger partial charge in [0.1, 0.15) is 0 Å². The van der Waals surface area contributed by atoms with E-state index in [1.54, 1.807) is 16.2 Å². The van der Waals surface area contributed by atoms with Gasteiger partial charge in [0.05, 0.1) is 6.54 Å². The van der Waals surface area contributed by atoms with E-state index in [-0.39, 0.29) is 5.91 Å². The van der Waals surface area contributed by atoms with Crippen molar-refractivity contribution in [2.75, 3.05) is 31.6 Å². The first-order valence-corrected chi connectivity index (χ1v) is 7.55. The van der Waals surface area contributed by atoms with Crippen molar-refractivity contribution < 1.29 is 4.79 Å². The zero-order valence-electron chi connectivity index (χ0n) is 11.8. The molecule has 106 valence electrons. The number of carbonyl (C=O) groups excluding carboxylic acids is 1. The Morgan fingerprint density at radius 1 is 1.47 bits per heavy atom. The predicted octanol–water partition coefficient (Wildman–Crippen LogP) is 1.31. The first kappa shape index (κ1) is 14.3. The van der Waals surface area contributed by atoms with Crippen molar-refractivity contribution in [2.24, 2.45) is 0 Å². The van der Waals surface area contributed by atoms with Crippen molar-refractivity contribution in [3.63, 3.8) is 0 Å². The molecule has 6 heteroatoms. The standard InChI is InChI=1S/C13H22N4OS/c1-10(2)14-7-11-8-15-13(19-11)17-6-4-5-16(3)12(18)9-17/h8,10,14H,4-7,9H2,1-3H3. The van der Waals surface area contributed by atoms with Crippen LogP contribution in [0.25, 0.3) is 0 Å². The summed E-state index contributed by atoms with van der Waals surface area (Å²) in [5.74, 6) is 0.176. The Kier molecular flexibility index (Phi) is 4.76. The van der Waals surface area contributed by atoms with E-state index in [0.29, 0.717) is 12.6 Å². The molecule has 0 bridgehead atoms. The molecule has 0 radical (unpaired) electrons. The molecule has 5 nitrogen and oxygen atoms in total. The molecular formula is C13H22N4OS. The van der Waals surface area contributed by atoms with Gasteiger partial charge in [-0.2, -0.15) is 0 Å². The number of carbonyl (C=O) groups is 1. The largest absolute Gasteiger partial charge is 0.344 e. The number of thiazole rings is 1. The summed E-state index contributed by atoms with van der Waals surface area (Å²) >= 11 is 1.68. The topological polar surface area (TPSA) is 48.5 Å². The van der Waals surface area contributed by atoms with Crippen LogP contribution in [0.15, 0.2) is 6.20 Å². The molecule has 2 heterocycles. The smallest absolute Gasteiger partial charge is 0.241 e. The molecule has 1 aliphatic heterocycles. The fourth-order valence-corrected chi connectivity index (χ4v) is 2.87. The Balaban J connectivity index is 1.99. The summed E-state index contributed by atoms with van der Waals surface area (Å²) < 4.78 is 0. The van der Waals surface area contributed by atoms with E-state index in [1.807, 2.05) is 13.2 Å². The Labute approximate surface area is 118 Å². The number of hydrogen-bond acceptors (Lipinski definition) is 5. The minimum absolute atomic E-state index is 0.176. The predicted molar refractivity (Wildman–Crippen MR) is 78.6 cm³/mol. The molecule has 19 heavy (non-hydrogen) atoms. The maximum Gasteiger partial charge on any atom is 0.241 e. The number of hydrogen-bond donors (Lipinski definition) is 1. The summed E-state index contributed by atoms with van der Waals surface area (Å²) in [7, 11) is 1.87. The average molecular weight is 282 g/mol. The molecule has 0 aromatic carbocycles. The second-order valence-electron chi connectivity index (χ2n) is 5.24. The fourth-order valence-electron chi connectivity index (χ4n) is 1.98. The molecule has 0 atom stereocenters. The molecule has 0 aliphatic carbocycles. The zero-order chi connectivity index (χ0) is 13.8. The van der Waals surface area contributed by atoms with Crippen LogP contribution in [0, 0.1) is 0 Å². The molecule has 0 saturated carbocycles. The summed E-state index contributed by atoms with van der Waals surface area (Å²) in [5, 5.41) is 4.35. The molecule has 1 amide bonds. The van der Waals surface area contributed by atoms with Crippen molar-refractivity contribution in [3.8, 4) is 0 Å². The second kappa shape index (κ2) is 6.34. The lowest BCUT2D eigenvalue weighted by molar-refractivity contribution is -0.127. The quantitative estimate of drug-likeness (QED) is 0.904. The molecule has 2 rings (SSSR count). The van der Waals surface area contributed by atoms with E-state index < -0.39 is 0 Å². The van der Waals surface area contributed by atoms with Gasteiger partial charge in [0, 0.05) is 43.8 Å². The van der Waals surface area contributed by atoms with Crippen molar-refractivity contribution in [2.45, 2.75) is 32.9 Å². The van der Waals surface area contributed by atoms with Crippen LogP contribution in [0.4, 0.5) is 5.13 Å². The Hall–Kier alpha value is -1.14. The van der Waals surface area contributed by atoms with Crippen LogP contribution in [0.5, 0.6) is 0 Å². The van der Waals surface area contributed by atoms with E-state index >= 15 is 0 Å². The molecule has 1 N–H and O–H groups in total. The normalized spacial score (nSPS) is 17.2. The fraction of sp³-hybridized carbons (Fsp3) is 0.692. The minimum Gasteiger partial charge on any atom is -0.344 e. The average Bonchev–Trinajstić information content (AvgIpc) is 2.76. The number of rotatable bonds is 4. The van der Waals surface area contributed by atoms with Crippen molar-refractivity contribution in [1.29, 1.82) is 0 Å². The first-order chi connectivity index (χ1) is 9.06. The molecule has 1 saturated heterocycles. The highest BCUT2D eigenvalue weighted by atomic mass is 32.1. The molecule has 1 aromatic heterocycles. The van der Waals surface area contributed by atoms with Gasteiger partial charge in [-0.05, 0) is 6.42 Å². The lowest BCUT2D eigenvalue weighted by Gasteiger charge is -2.18. The zero-order valence-corrected chi connectivity index (χ0v) is 12.7. The SMILES string of the molecule is CC(C)NCc1cnc(N2CCCN(C)C(=O)C2)s1. The van der Waals surface area contributed by atoms with Crippen LogP contribution in [0.1, 0.15) is 25.1 Å². The van der Waals surface area contributed by atoms with Gasteiger partial charge in [0.15, 0.2) is 5.13 Å². The highest BCUT2D eigenvalue weighted by Crippen LogP contribution is 2.23. The van der Waals surface area contributed by atoms with Gasteiger partial charge in [-0.25, -0.2) is 4.98 Å². The molecule has 1 fully saturated rings. The Bertz CT molecular complexity index is 432. The lowest BCUT2D eigenvalue weighted by atomic mass is 10.4. The van der Waals surface area contributed by atoms with Crippen molar-refractivity contribution >= 4 is 22.4 Å². The summed E-state index contributed by atoms with van der Waals surface area (Å²) in [4.78, 5) is 21.4. The third kappa shape index (κ3) is 3.91. The number of anilines is 1. The van der Waals surface area contributed by atoms with Gasteiger partial charge in [0.25, 0.3) is 0 Å². The monoisotopic (exact) mass is 282 g/mol. The molecular weight excluding hydrogens is 260 g/mol. The van der Waals surface area contributed by atoms with Crippen LogP contribution >= 0.6 is 11.3 Å². The van der Waals surface area contributed by atoms with Crippen molar-refractivity contribution in [3.05, 3.63) is 11.1 Å². The van der Waals surface area contributed by atoms with Gasteiger partial charge in [-0.3, -0.25) is 4.79 Å². The summed E-state index contributed by atoms with van der Waals surface area (Å²) in [6.07, 6.45) is 2.91. The van der Waals surface area contributed by atoms with Crippen molar-refractivity contribution in [1.82, 2.24) is 15.2 Å². The van der Waals surface area contributed by atoms with Gasteiger partial charge in [-0.15, -0.1) is 11.3 Å². The minimum atomic E-state index is 0.176. The molecule has 1 aromatic rings. The van der Waals surface area contributed by atoms with E-state index in [0.717, 1.165) is 31.2 Å².